The van der Waals surface area contributed by atoms with E-state index in [0.29, 0.717) is 6.54 Å². The van der Waals surface area contributed by atoms with Crippen molar-refractivity contribution in [2.75, 3.05) is 0 Å². The van der Waals surface area contributed by atoms with E-state index in [1.54, 1.807) is 0 Å². The first-order valence-electron chi connectivity index (χ1n) is 3.82. The lowest BCUT2D eigenvalue weighted by Crippen LogP contribution is -2.24. The Balaban J connectivity index is 2.43. The molecule has 1 aliphatic heterocycles. The van der Waals surface area contributed by atoms with Gasteiger partial charge < -0.3 is 16.3 Å². The molecule has 1 heterocycles. The predicted octanol–water partition coefficient (Wildman–Crippen LogP) is -0.000400. The maximum atomic E-state index is 5.69. The van der Waals surface area contributed by atoms with Crippen LogP contribution < -0.4 is 21.8 Å². The average Bonchev–Trinajstić information content (AvgIpc) is 2.47. The predicted molar refractivity (Wildman–Crippen MR) is 45.0 cm³/mol. The second kappa shape index (κ2) is 2.75. The monoisotopic (exact) mass is 165 g/mol. The van der Waals surface area contributed by atoms with Crippen LogP contribution in [0.2, 0.25) is 0 Å². The minimum atomic E-state index is -0.230. The molecule has 0 radical (unpaired) electrons. The van der Waals surface area contributed by atoms with E-state index in [1.165, 1.54) is 0 Å². The maximum Gasteiger partial charge on any atom is 0.153 e. The summed E-state index contributed by atoms with van der Waals surface area (Å²) in [6.07, 6.45) is -0.230. The largest absolute Gasteiger partial charge is 0.406 e. The number of hydroxylamine groups is 1. The van der Waals surface area contributed by atoms with Gasteiger partial charge in [-0.2, -0.15) is 0 Å². The first kappa shape index (κ1) is 7.54. The summed E-state index contributed by atoms with van der Waals surface area (Å²) in [5.74, 6) is 0.791. The molecule has 0 amide bonds. The van der Waals surface area contributed by atoms with E-state index >= 15 is 0 Å². The van der Waals surface area contributed by atoms with Crippen molar-refractivity contribution in [1.82, 2.24) is 5.48 Å². The van der Waals surface area contributed by atoms with Crippen molar-refractivity contribution >= 4 is 0 Å². The third-order valence-corrected chi connectivity index (χ3v) is 1.94. The topological polar surface area (TPSA) is 73.3 Å². The van der Waals surface area contributed by atoms with Gasteiger partial charge >= 0.3 is 0 Å². The summed E-state index contributed by atoms with van der Waals surface area (Å²) >= 11 is 0. The van der Waals surface area contributed by atoms with E-state index in [4.69, 9.17) is 16.3 Å². The Labute approximate surface area is 70.5 Å². The van der Waals surface area contributed by atoms with Crippen LogP contribution in [0.4, 0.5) is 0 Å². The summed E-state index contributed by atoms with van der Waals surface area (Å²) in [4.78, 5) is 5.09. The van der Waals surface area contributed by atoms with E-state index in [2.05, 4.69) is 5.48 Å². The minimum Gasteiger partial charge on any atom is -0.406 e. The van der Waals surface area contributed by atoms with Crippen molar-refractivity contribution in [2.45, 2.75) is 12.7 Å². The molecule has 0 spiro atoms. The van der Waals surface area contributed by atoms with Gasteiger partial charge in [0.25, 0.3) is 0 Å². The fourth-order valence-electron chi connectivity index (χ4n) is 1.25. The van der Waals surface area contributed by atoms with Crippen LogP contribution in [0.15, 0.2) is 18.2 Å². The van der Waals surface area contributed by atoms with Crippen LogP contribution in [-0.4, -0.2) is 0 Å². The zero-order valence-corrected chi connectivity index (χ0v) is 6.58. The van der Waals surface area contributed by atoms with Crippen LogP contribution in [-0.2, 0) is 6.54 Å². The number of nitrogens with one attached hydrogen (secondary N) is 1. The van der Waals surface area contributed by atoms with E-state index in [1.807, 2.05) is 18.2 Å². The summed E-state index contributed by atoms with van der Waals surface area (Å²) in [6.45, 7) is 0.528. The Hall–Kier alpha value is -1.10. The molecule has 1 unspecified atom stereocenters. The molecule has 4 nitrogen and oxygen atoms in total. The standard InChI is InChI=1S/C8H11N3O/c9-4-5-1-2-7-6(3-5)8(10)11-12-7/h1-3,8,11H,4,9-10H2. The van der Waals surface area contributed by atoms with Gasteiger partial charge in [-0.25, -0.2) is 0 Å². The van der Waals surface area contributed by atoms with Crippen molar-refractivity contribution in [2.24, 2.45) is 11.5 Å². The molecular formula is C8H11N3O. The van der Waals surface area contributed by atoms with Gasteiger partial charge in [-0.3, -0.25) is 0 Å². The van der Waals surface area contributed by atoms with Gasteiger partial charge in [-0.05, 0) is 17.7 Å². The highest BCUT2D eigenvalue weighted by molar-refractivity contribution is 5.40. The first-order chi connectivity index (χ1) is 5.81. The second-order valence-corrected chi connectivity index (χ2v) is 2.77. The van der Waals surface area contributed by atoms with Crippen LogP contribution in [0.1, 0.15) is 17.3 Å². The molecule has 1 aromatic rings. The molecule has 4 heteroatoms. The molecule has 64 valence electrons. The average molecular weight is 165 g/mol. The number of hydrogen-bond acceptors (Lipinski definition) is 4. The van der Waals surface area contributed by atoms with E-state index in [9.17, 15) is 0 Å². The highest BCUT2D eigenvalue weighted by Crippen LogP contribution is 2.28. The summed E-state index contributed by atoms with van der Waals surface area (Å²) in [5, 5.41) is 0. The molecule has 1 aliphatic rings. The molecule has 0 saturated heterocycles. The lowest BCUT2D eigenvalue weighted by molar-refractivity contribution is 0.196. The molecule has 5 N–H and O–H groups in total. The van der Waals surface area contributed by atoms with Crippen molar-refractivity contribution < 1.29 is 4.84 Å². The molecular weight excluding hydrogens is 154 g/mol. The molecule has 12 heavy (non-hydrogen) atoms. The van der Waals surface area contributed by atoms with Crippen LogP contribution >= 0.6 is 0 Å². The Morgan fingerprint density at radius 2 is 2.33 bits per heavy atom. The highest BCUT2D eigenvalue weighted by Gasteiger charge is 2.19. The Morgan fingerprint density at radius 3 is 3.08 bits per heavy atom. The molecule has 0 bridgehead atoms. The lowest BCUT2D eigenvalue weighted by atomic mass is 10.1. The van der Waals surface area contributed by atoms with Gasteiger partial charge in [-0.15, -0.1) is 5.48 Å². The van der Waals surface area contributed by atoms with Gasteiger partial charge in [0.2, 0.25) is 0 Å². The fraction of sp³-hybridized carbons (Fsp3) is 0.250. The SMILES string of the molecule is NCc1ccc2c(c1)C(N)NO2. The summed E-state index contributed by atoms with van der Waals surface area (Å²) in [6, 6.07) is 5.76. The smallest absolute Gasteiger partial charge is 0.153 e. The van der Waals surface area contributed by atoms with Crippen molar-refractivity contribution in [3.05, 3.63) is 29.3 Å². The fourth-order valence-corrected chi connectivity index (χ4v) is 1.25. The molecule has 1 atom stereocenters. The number of benzene rings is 1. The summed E-state index contributed by atoms with van der Waals surface area (Å²) in [7, 11) is 0. The normalized spacial score (nSPS) is 20.3. The number of rotatable bonds is 1. The molecule has 0 aliphatic carbocycles. The second-order valence-electron chi connectivity index (χ2n) is 2.77. The Morgan fingerprint density at radius 1 is 1.50 bits per heavy atom. The molecule has 0 saturated carbocycles. The van der Waals surface area contributed by atoms with Crippen molar-refractivity contribution in [1.29, 1.82) is 0 Å². The molecule has 0 fully saturated rings. The third-order valence-electron chi connectivity index (χ3n) is 1.94. The summed E-state index contributed by atoms with van der Waals surface area (Å²) in [5.41, 5.74) is 15.9. The zero-order chi connectivity index (χ0) is 8.55. The first-order valence-corrected chi connectivity index (χ1v) is 3.82. The highest BCUT2D eigenvalue weighted by atomic mass is 16.7. The zero-order valence-electron chi connectivity index (χ0n) is 6.58. The van der Waals surface area contributed by atoms with Crippen molar-refractivity contribution in [3.63, 3.8) is 0 Å². The van der Waals surface area contributed by atoms with Crippen LogP contribution in [0.25, 0.3) is 0 Å². The lowest BCUT2D eigenvalue weighted by Gasteiger charge is -2.01. The minimum absolute atomic E-state index is 0.230. The van der Waals surface area contributed by atoms with E-state index in [0.717, 1.165) is 16.9 Å². The van der Waals surface area contributed by atoms with Crippen LogP contribution in [0.5, 0.6) is 5.75 Å². The Kier molecular flexibility index (Phi) is 1.73. The van der Waals surface area contributed by atoms with Crippen molar-refractivity contribution in [3.8, 4) is 5.75 Å². The molecule has 1 aromatic carbocycles. The third kappa shape index (κ3) is 1.06. The van der Waals surface area contributed by atoms with E-state index in [-0.39, 0.29) is 6.17 Å². The molecule has 0 aromatic heterocycles. The number of nitrogens with two attached hydrogens (primary N) is 2. The molecule has 2 rings (SSSR count). The van der Waals surface area contributed by atoms with Crippen LogP contribution in [0.3, 0.4) is 0 Å². The van der Waals surface area contributed by atoms with Gasteiger partial charge in [0.1, 0.15) is 6.17 Å². The van der Waals surface area contributed by atoms with Gasteiger partial charge in [0, 0.05) is 12.1 Å². The van der Waals surface area contributed by atoms with Gasteiger partial charge in [0.15, 0.2) is 5.75 Å². The number of fused-ring (bicyclic) bond motifs is 1. The maximum absolute atomic E-state index is 5.69. The van der Waals surface area contributed by atoms with Crippen LogP contribution in [0, 0.1) is 0 Å². The van der Waals surface area contributed by atoms with Gasteiger partial charge in [-0.1, -0.05) is 6.07 Å². The van der Waals surface area contributed by atoms with Gasteiger partial charge in [0.05, 0.1) is 0 Å². The number of hydrogen-bond donors (Lipinski definition) is 3. The van der Waals surface area contributed by atoms with E-state index < -0.39 is 0 Å². The quantitative estimate of drug-likeness (QED) is 0.547. The Bertz CT molecular complexity index is 300. The summed E-state index contributed by atoms with van der Waals surface area (Å²) < 4.78 is 0.